The lowest BCUT2D eigenvalue weighted by Crippen LogP contribution is -2.27. The summed E-state index contributed by atoms with van der Waals surface area (Å²) in [4.78, 5) is 2.32. The molecule has 0 radical (unpaired) electrons. The van der Waals surface area contributed by atoms with E-state index in [2.05, 4.69) is 18.0 Å². The Morgan fingerprint density at radius 1 is 1.38 bits per heavy atom. The topological polar surface area (TPSA) is 21.7 Å². The number of likely N-dealkylation sites (N-methyl/N-ethyl adjacent to an activating group) is 1. The van der Waals surface area contributed by atoms with Crippen molar-refractivity contribution in [1.29, 1.82) is 0 Å². The van der Waals surface area contributed by atoms with Crippen molar-refractivity contribution in [2.45, 2.75) is 19.9 Å². The van der Waals surface area contributed by atoms with Crippen LogP contribution in [0.4, 0.5) is 0 Å². The fourth-order valence-electron chi connectivity index (χ4n) is 2.21. The number of hydrogen-bond donors (Lipinski definition) is 0. The molecule has 1 aliphatic heterocycles. The Balaban J connectivity index is 2.42. The summed E-state index contributed by atoms with van der Waals surface area (Å²) in [6, 6.07) is 4.15. The molecule has 0 spiro atoms. The second-order valence-electron chi connectivity index (χ2n) is 4.16. The lowest BCUT2D eigenvalue weighted by atomic mass is 9.98. The SMILES string of the molecule is CCOc1c(OC)ccc2c1CCN(C)C2. The fourth-order valence-corrected chi connectivity index (χ4v) is 2.21. The van der Waals surface area contributed by atoms with Gasteiger partial charge in [0.1, 0.15) is 0 Å². The van der Waals surface area contributed by atoms with Gasteiger partial charge in [0, 0.05) is 18.7 Å². The zero-order valence-corrected chi connectivity index (χ0v) is 10.2. The van der Waals surface area contributed by atoms with Crippen molar-refractivity contribution in [3.8, 4) is 11.5 Å². The van der Waals surface area contributed by atoms with E-state index in [1.807, 2.05) is 13.0 Å². The molecule has 1 aliphatic rings. The Labute approximate surface area is 97.0 Å². The van der Waals surface area contributed by atoms with Crippen molar-refractivity contribution < 1.29 is 9.47 Å². The highest BCUT2D eigenvalue weighted by Gasteiger charge is 2.20. The maximum Gasteiger partial charge on any atom is 0.164 e. The molecule has 0 bridgehead atoms. The third kappa shape index (κ3) is 2.00. The van der Waals surface area contributed by atoms with Crippen molar-refractivity contribution in [2.75, 3.05) is 27.3 Å². The number of nitrogens with zero attached hydrogens (tertiary/aromatic N) is 1. The lowest BCUT2D eigenvalue weighted by Gasteiger charge is -2.27. The average Bonchev–Trinajstić information content (AvgIpc) is 2.29. The van der Waals surface area contributed by atoms with Gasteiger partial charge in [0.05, 0.1) is 13.7 Å². The molecule has 0 saturated carbocycles. The van der Waals surface area contributed by atoms with Gasteiger partial charge in [0.25, 0.3) is 0 Å². The summed E-state index contributed by atoms with van der Waals surface area (Å²) in [5.74, 6) is 1.79. The first-order valence-corrected chi connectivity index (χ1v) is 5.76. The van der Waals surface area contributed by atoms with Gasteiger partial charge >= 0.3 is 0 Å². The van der Waals surface area contributed by atoms with Gasteiger partial charge in [-0.1, -0.05) is 6.07 Å². The van der Waals surface area contributed by atoms with Crippen LogP contribution in [0.5, 0.6) is 11.5 Å². The fraction of sp³-hybridized carbons (Fsp3) is 0.538. The Morgan fingerprint density at radius 3 is 2.88 bits per heavy atom. The minimum Gasteiger partial charge on any atom is -0.493 e. The zero-order chi connectivity index (χ0) is 11.5. The van der Waals surface area contributed by atoms with Crippen molar-refractivity contribution >= 4 is 0 Å². The third-order valence-corrected chi connectivity index (χ3v) is 3.01. The van der Waals surface area contributed by atoms with E-state index < -0.39 is 0 Å². The maximum atomic E-state index is 5.72. The largest absolute Gasteiger partial charge is 0.493 e. The number of rotatable bonds is 3. The van der Waals surface area contributed by atoms with E-state index in [0.717, 1.165) is 31.0 Å². The summed E-state index contributed by atoms with van der Waals surface area (Å²) in [6.07, 6.45) is 1.04. The zero-order valence-electron chi connectivity index (χ0n) is 10.2. The van der Waals surface area contributed by atoms with E-state index in [0.29, 0.717) is 6.61 Å². The highest BCUT2D eigenvalue weighted by Crippen LogP contribution is 2.36. The highest BCUT2D eigenvalue weighted by molar-refractivity contribution is 5.51. The van der Waals surface area contributed by atoms with E-state index in [4.69, 9.17) is 9.47 Å². The molecule has 0 atom stereocenters. The Bertz CT molecular complexity index is 376. The smallest absolute Gasteiger partial charge is 0.164 e. The molecule has 0 amide bonds. The summed E-state index contributed by atoms with van der Waals surface area (Å²) in [5.41, 5.74) is 2.68. The van der Waals surface area contributed by atoms with Crippen LogP contribution in [-0.2, 0) is 13.0 Å². The normalized spacial score (nSPS) is 15.7. The monoisotopic (exact) mass is 221 g/mol. The van der Waals surface area contributed by atoms with Gasteiger partial charge in [0.2, 0.25) is 0 Å². The van der Waals surface area contributed by atoms with Gasteiger partial charge in [0.15, 0.2) is 11.5 Å². The molecule has 16 heavy (non-hydrogen) atoms. The molecular weight excluding hydrogens is 202 g/mol. The van der Waals surface area contributed by atoms with Crippen molar-refractivity contribution in [3.05, 3.63) is 23.3 Å². The van der Waals surface area contributed by atoms with Gasteiger partial charge in [-0.2, -0.15) is 0 Å². The molecular formula is C13H19NO2. The predicted molar refractivity (Wildman–Crippen MR) is 64.2 cm³/mol. The highest BCUT2D eigenvalue weighted by atomic mass is 16.5. The molecule has 0 aliphatic carbocycles. The van der Waals surface area contributed by atoms with E-state index >= 15 is 0 Å². The molecule has 2 rings (SSSR count). The van der Waals surface area contributed by atoms with Crippen LogP contribution in [0.2, 0.25) is 0 Å². The summed E-state index contributed by atoms with van der Waals surface area (Å²) in [6.45, 7) is 4.77. The van der Waals surface area contributed by atoms with Crippen molar-refractivity contribution in [3.63, 3.8) is 0 Å². The van der Waals surface area contributed by atoms with Crippen molar-refractivity contribution in [2.24, 2.45) is 0 Å². The van der Waals surface area contributed by atoms with Gasteiger partial charge < -0.3 is 14.4 Å². The van der Waals surface area contributed by atoms with Gasteiger partial charge in [-0.15, -0.1) is 0 Å². The second-order valence-corrected chi connectivity index (χ2v) is 4.16. The van der Waals surface area contributed by atoms with Gasteiger partial charge in [-0.3, -0.25) is 0 Å². The number of benzene rings is 1. The van der Waals surface area contributed by atoms with Crippen molar-refractivity contribution in [1.82, 2.24) is 4.90 Å². The number of methoxy groups -OCH3 is 1. The first-order chi connectivity index (χ1) is 7.76. The molecule has 3 nitrogen and oxygen atoms in total. The minimum absolute atomic E-state index is 0.683. The minimum atomic E-state index is 0.683. The number of hydrogen-bond acceptors (Lipinski definition) is 3. The predicted octanol–water partition coefficient (Wildman–Crippen LogP) is 2.08. The van der Waals surface area contributed by atoms with Gasteiger partial charge in [-0.25, -0.2) is 0 Å². The van der Waals surface area contributed by atoms with E-state index in [-0.39, 0.29) is 0 Å². The first kappa shape index (κ1) is 11.3. The van der Waals surface area contributed by atoms with Crippen LogP contribution in [0.1, 0.15) is 18.1 Å². The maximum absolute atomic E-state index is 5.72. The molecule has 88 valence electrons. The molecule has 1 heterocycles. The number of fused-ring (bicyclic) bond motifs is 1. The molecule has 0 saturated heterocycles. The van der Waals surface area contributed by atoms with E-state index in [1.165, 1.54) is 11.1 Å². The summed E-state index contributed by atoms with van der Waals surface area (Å²) in [7, 11) is 3.84. The Morgan fingerprint density at radius 2 is 2.19 bits per heavy atom. The summed E-state index contributed by atoms with van der Waals surface area (Å²) in [5, 5.41) is 0. The standard InChI is InChI=1S/C13H19NO2/c1-4-16-13-11-7-8-14(2)9-10(11)5-6-12(13)15-3/h5-6H,4,7-9H2,1-3H3. The molecule has 1 aromatic carbocycles. The van der Waals surface area contributed by atoms with Crippen LogP contribution in [0.25, 0.3) is 0 Å². The Hall–Kier alpha value is -1.22. The molecule has 0 N–H and O–H groups in total. The van der Waals surface area contributed by atoms with Crippen LogP contribution in [0, 0.1) is 0 Å². The molecule has 0 unspecified atom stereocenters. The van der Waals surface area contributed by atoms with Crippen LogP contribution >= 0.6 is 0 Å². The van der Waals surface area contributed by atoms with Gasteiger partial charge in [-0.05, 0) is 32.0 Å². The average molecular weight is 221 g/mol. The summed E-state index contributed by atoms with van der Waals surface area (Å²) >= 11 is 0. The lowest BCUT2D eigenvalue weighted by molar-refractivity contribution is 0.285. The van der Waals surface area contributed by atoms with E-state index in [1.54, 1.807) is 7.11 Å². The molecule has 1 aromatic rings. The molecule has 0 fully saturated rings. The van der Waals surface area contributed by atoms with Crippen LogP contribution in [0.3, 0.4) is 0 Å². The van der Waals surface area contributed by atoms with Crippen LogP contribution in [0.15, 0.2) is 12.1 Å². The van der Waals surface area contributed by atoms with E-state index in [9.17, 15) is 0 Å². The second kappa shape index (κ2) is 4.74. The Kier molecular flexibility index (Phi) is 3.34. The number of ether oxygens (including phenoxy) is 2. The summed E-state index contributed by atoms with van der Waals surface area (Å²) < 4.78 is 11.1. The molecule has 3 heteroatoms. The van der Waals surface area contributed by atoms with Crippen LogP contribution in [-0.4, -0.2) is 32.2 Å². The van der Waals surface area contributed by atoms with Crippen LogP contribution < -0.4 is 9.47 Å². The quantitative estimate of drug-likeness (QED) is 0.780. The first-order valence-electron chi connectivity index (χ1n) is 5.76. The molecule has 0 aromatic heterocycles. The third-order valence-electron chi connectivity index (χ3n) is 3.01.